The van der Waals surface area contributed by atoms with Crippen molar-refractivity contribution in [2.45, 2.75) is 44.3 Å². The molecule has 6 nitrogen and oxygen atoms in total. The quantitative estimate of drug-likeness (QED) is 0.848. The molecule has 138 valence electrons. The van der Waals surface area contributed by atoms with Crippen LogP contribution in [0, 0.1) is 0 Å². The number of nitrogens with two attached hydrogens (primary N) is 1. The number of rotatable bonds is 5. The molecule has 1 aromatic carbocycles. The molecule has 2 unspecified atom stereocenters. The number of benzene rings is 1. The number of fused-ring (bicyclic) bond motifs is 1. The lowest BCUT2D eigenvalue weighted by molar-refractivity contribution is 0.0993. The van der Waals surface area contributed by atoms with E-state index in [1.54, 1.807) is 4.68 Å². The molecule has 1 aromatic heterocycles. The molecular weight excluding hydrogens is 326 g/mol. The van der Waals surface area contributed by atoms with Crippen LogP contribution in [0.25, 0.3) is 0 Å². The van der Waals surface area contributed by atoms with Gasteiger partial charge in [-0.1, -0.05) is 24.3 Å². The van der Waals surface area contributed by atoms with Crippen molar-refractivity contribution in [1.82, 2.24) is 20.0 Å². The molecule has 2 aromatic rings. The number of aryl methyl sites for hydroxylation is 2. The van der Waals surface area contributed by atoms with Crippen LogP contribution in [-0.4, -0.2) is 45.8 Å². The van der Waals surface area contributed by atoms with Gasteiger partial charge in [-0.15, -0.1) is 0 Å². The summed E-state index contributed by atoms with van der Waals surface area (Å²) in [5.74, 6) is -0.449. The normalized spacial score (nSPS) is 23.1. The van der Waals surface area contributed by atoms with Gasteiger partial charge < -0.3 is 11.1 Å². The highest BCUT2D eigenvalue weighted by Gasteiger charge is 2.27. The Hall–Kier alpha value is -2.18. The largest absolute Gasteiger partial charge is 0.364 e. The van der Waals surface area contributed by atoms with E-state index in [-0.39, 0.29) is 0 Å². The number of hydrogen-bond acceptors (Lipinski definition) is 4. The summed E-state index contributed by atoms with van der Waals surface area (Å²) in [6, 6.07) is 9.88. The first-order valence-corrected chi connectivity index (χ1v) is 9.46. The first-order chi connectivity index (χ1) is 12.6. The molecule has 6 heteroatoms. The van der Waals surface area contributed by atoms with E-state index in [1.807, 2.05) is 13.2 Å². The highest BCUT2D eigenvalue weighted by Crippen LogP contribution is 2.23. The number of amides is 1. The van der Waals surface area contributed by atoms with Crippen LogP contribution < -0.4 is 11.1 Å². The average molecular weight is 353 g/mol. The Balaban J connectivity index is 1.33. The van der Waals surface area contributed by atoms with Crippen LogP contribution in [0.5, 0.6) is 0 Å². The van der Waals surface area contributed by atoms with Crippen LogP contribution in [-0.2, 0) is 26.4 Å². The van der Waals surface area contributed by atoms with Gasteiger partial charge in [0, 0.05) is 50.5 Å². The number of primary amides is 1. The summed E-state index contributed by atoms with van der Waals surface area (Å²) in [5.41, 5.74) is 9.77. The fourth-order valence-electron chi connectivity index (χ4n) is 4.39. The second-order valence-corrected chi connectivity index (χ2v) is 7.64. The van der Waals surface area contributed by atoms with Gasteiger partial charge in [0.25, 0.3) is 5.91 Å². The first kappa shape index (κ1) is 17.2. The zero-order valence-electron chi connectivity index (χ0n) is 15.3. The second-order valence-electron chi connectivity index (χ2n) is 7.64. The lowest BCUT2D eigenvalue weighted by Gasteiger charge is -2.28. The summed E-state index contributed by atoms with van der Waals surface area (Å²) < 4.78 is 1.67. The van der Waals surface area contributed by atoms with Gasteiger partial charge in [-0.3, -0.25) is 14.4 Å². The summed E-state index contributed by atoms with van der Waals surface area (Å²) in [6.07, 6.45) is 6.55. The molecule has 4 rings (SSSR count). The Labute approximate surface area is 154 Å². The topological polar surface area (TPSA) is 76.2 Å². The Kier molecular flexibility index (Phi) is 4.78. The summed E-state index contributed by atoms with van der Waals surface area (Å²) in [7, 11) is 1.82. The molecule has 3 N–H and O–H groups in total. The van der Waals surface area contributed by atoms with Crippen LogP contribution in [0.2, 0.25) is 0 Å². The van der Waals surface area contributed by atoms with Gasteiger partial charge in [-0.2, -0.15) is 5.10 Å². The number of nitrogens with one attached hydrogen (secondary N) is 1. The molecule has 26 heavy (non-hydrogen) atoms. The highest BCUT2D eigenvalue weighted by atomic mass is 16.1. The monoisotopic (exact) mass is 353 g/mol. The predicted molar refractivity (Wildman–Crippen MR) is 101 cm³/mol. The molecule has 2 aliphatic rings. The summed E-state index contributed by atoms with van der Waals surface area (Å²) in [5, 5.41) is 8.05. The number of aromatic nitrogens is 2. The van der Waals surface area contributed by atoms with Crippen molar-refractivity contribution in [3.05, 3.63) is 52.8 Å². The smallest absolute Gasteiger partial charge is 0.269 e. The standard InChI is InChI=1S/C20H27N5O/c1-24-11-16(19(23-24)20(21)26)12-25-9-8-18(13-25)22-17-7-6-14-4-2-3-5-15(14)10-17/h2-5,11,17-18,22H,6-10,12-13H2,1H3,(H2,21,26). The molecular formula is C20H27N5O. The molecule has 0 spiro atoms. The molecule has 2 atom stereocenters. The number of carbonyl (C=O) groups excluding carboxylic acids is 1. The van der Waals surface area contributed by atoms with Crippen LogP contribution in [0.3, 0.4) is 0 Å². The lowest BCUT2D eigenvalue weighted by atomic mass is 9.88. The van der Waals surface area contributed by atoms with Gasteiger partial charge in [0.15, 0.2) is 5.69 Å². The number of hydrogen-bond donors (Lipinski definition) is 2. The minimum absolute atomic E-state index is 0.396. The summed E-state index contributed by atoms with van der Waals surface area (Å²) >= 11 is 0. The van der Waals surface area contributed by atoms with E-state index in [0.717, 1.165) is 38.0 Å². The third kappa shape index (κ3) is 3.66. The van der Waals surface area contributed by atoms with E-state index in [0.29, 0.717) is 17.8 Å². The molecule has 1 amide bonds. The Morgan fingerprint density at radius 3 is 2.88 bits per heavy atom. The maximum absolute atomic E-state index is 11.6. The Morgan fingerprint density at radius 2 is 2.08 bits per heavy atom. The van der Waals surface area contributed by atoms with Crippen molar-refractivity contribution >= 4 is 5.91 Å². The van der Waals surface area contributed by atoms with Crippen molar-refractivity contribution in [1.29, 1.82) is 0 Å². The third-order valence-corrected chi connectivity index (χ3v) is 5.62. The summed E-state index contributed by atoms with van der Waals surface area (Å²) in [6.45, 7) is 2.77. The van der Waals surface area contributed by atoms with Gasteiger partial charge in [0.1, 0.15) is 0 Å². The molecule has 1 aliphatic carbocycles. The third-order valence-electron chi connectivity index (χ3n) is 5.62. The van der Waals surface area contributed by atoms with E-state index in [9.17, 15) is 4.79 Å². The zero-order valence-corrected chi connectivity index (χ0v) is 15.3. The average Bonchev–Trinajstić information content (AvgIpc) is 3.21. The highest BCUT2D eigenvalue weighted by molar-refractivity contribution is 5.92. The molecule has 1 fully saturated rings. The Morgan fingerprint density at radius 1 is 1.27 bits per heavy atom. The van der Waals surface area contributed by atoms with Gasteiger partial charge in [0.2, 0.25) is 0 Å². The SMILES string of the molecule is Cn1cc(CN2CCC(NC3CCc4ccccc4C3)C2)c(C(N)=O)n1. The van der Waals surface area contributed by atoms with Gasteiger partial charge >= 0.3 is 0 Å². The van der Waals surface area contributed by atoms with E-state index in [2.05, 4.69) is 39.6 Å². The minimum atomic E-state index is -0.449. The zero-order chi connectivity index (χ0) is 18.1. The van der Waals surface area contributed by atoms with Crippen LogP contribution in [0.1, 0.15) is 40.0 Å². The van der Waals surface area contributed by atoms with E-state index >= 15 is 0 Å². The summed E-state index contributed by atoms with van der Waals surface area (Å²) in [4.78, 5) is 13.9. The van der Waals surface area contributed by atoms with E-state index < -0.39 is 5.91 Å². The number of likely N-dealkylation sites (tertiary alicyclic amines) is 1. The fraction of sp³-hybridized carbons (Fsp3) is 0.500. The number of nitrogens with zero attached hydrogens (tertiary/aromatic N) is 3. The first-order valence-electron chi connectivity index (χ1n) is 9.46. The predicted octanol–water partition coefficient (Wildman–Crippen LogP) is 1.24. The molecule has 1 aliphatic heterocycles. The van der Waals surface area contributed by atoms with Crippen LogP contribution >= 0.6 is 0 Å². The van der Waals surface area contributed by atoms with Crippen molar-refractivity contribution in [3.8, 4) is 0 Å². The fourth-order valence-corrected chi connectivity index (χ4v) is 4.39. The maximum Gasteiger partial charge on any atom is 0.269 e. The van der Waals surface area contributed by atoms with Crippen molar-refractivity contribution < 1.29 is 4.79 Å². The van der Waals surface area contributed by atoms with Gasteiger partial charge in [-0.05, 0) is 36.8 Å². The Bertz CT molecular complexity index is 799. The molecule has 1 saturated heterocycles. The molecule has 0 saturated carbocycles. The molecule has 2 heterocycles. The van der Waals surface area contributed by atoms with Gasteiger partial charge in [0.05, 0.1) is 0 Å². The van der Waals surface area contributed by atoms with Crippen molar-refractivity contribution in [3.63, 3.8) is 0 Å². The van der Waals surface area contributed by atoms with Crippen molar-refractivity contribution in [2.24, 2.45) is 12.8 Å². The molecule has 0 bridgehead atoms. The van der Waals surface area contributed by atoms with E-state index in [4.69, 9.17) is 5.73 Å². The minimum Gasteiger partial charge on any atom is -0.364 e. The number of carbonyl (C=O) groups is 1. The van der Waals surface area contributed by atoms with Crippen molar-refractivity contribution in [2.75, 3.05) is 13.1 Å². The molecule has 0 radical (unpaired) electrons. The van der Waals surface area contributed by atoms with Crippen LogP contribution in [0.15, 0.2) is 30.5 Å². The van der Waals surface area contributed by atoms with E-state index in [1.165, 1.54) is 24.0 Å². The van der Waals surface area contributed by atoms with Gasteiger partial charge in [-0.25, -0.2) is 0 Å². The second kappa shape index (κ2) is 7.21. The maximum atomic E-state index is 11.6. The lowest BCUT2D eigenvalue weighted by Crippen LogP contribution is -2.42. The van der Waals surface area contributed by atoms with Crippen LogP contribution in [0.4, 0.5) is 0 Å².